The first-order valence-corrected chi connectivity index (χ1v) is 8.19. The first kappa shape index (κ1) is 18.0. The van der Waals surface area contributed by atoms with Gasteiger partial charge in [-0.25, -0.2) is 0 Å². The third-order valence-corrected chi connectivity index (χ3v) is 3.68. The molecule has 1 fully saturated rings. The highest BCUT2D eigenvalue weighted by Crippen LogP contribution is 2.16. The number of ether oxygens (including phenoxy) is 1. The molecule has 0 spiro atoms. The Bertz CT molecular complexity index is 344. The van der Waals surface area contributed by atoms with Crippen LogP contribution in [0.25, 0.3) is 0 Å². The van der Waals surface area contributed by atoms with Crippen molar-refractivity contribution in [3.8, 4) is 0 Å². The van der Waals surface area contributed by atoms with Gasteiger partial charge in [0.05, 0.1) is 0 Å². The Labute approximate surface area is 128 Å². The summed E-state index contributed by atoms with van der Waals surface area (Å²) in [5.74, 6) is 0.565. The number of hydrogen-bond acceptors (Lipinski definition) is 3. The predicted octanol–water partition coefficient (Wildman–Crippen LogP) is 1.95. The maximum absolute atomic E-state index is 12.5. The molecule has 0 radical (unpaired) electrons. The van der Waals surface area contributed by atoms with Gasteiger partial charge >= 0.3 is 0 Å². The molecule has 1 saturated heterocycles. The van der Waals surface area contributed by atoms with Gasteiger partial charge in [-0.05, 0) is 25.2 Å². The van der Waals surface area contributed by atoms with Gasteiger partial charge in [-0.3, -0.25) is 9.59 Å². The molecule has 0 saturated carbocycles. The van der Waals surface area contributed by atoms with E-state index in [4.69, 9.17) is 4.74 Å². The van der Waals surface area contributed by atoms with E-state index in [2.05, 4.69) is 19.2 Å². The summed E-state index contributed by atoms with van der Waals surface area (Å²) in [5.41, 5.74) is 0. The number of amides is 2. The highest BCUT2D eigenvalue weighted by atomic mass is 16.5. The van der Waals surface area contributed by atoms with E-state index in [0.717, 1.165) is 19.4 Å². The molecule has 5 heteroatoms. The van der Waals surface area contributed by atoms with E-state index in [1.54, 1.807) is 4.90 Å². The van der Waals surface area contributed by atoms with Crippen LogP contribution in [-0.4, -0.2) is 48.6 Å². The summed E-state index contributed by atoms with van der Waals surface area (Å²) in [4.78, 5) is 26.3. The van der Waals surface area contributed by atoms with Gasteiger partial charge in [0.15, 0.2) is 0 Å². The maximum Gasteiger partial charge on any atom is 0.245 e. The fourth-order valence-corrected chi connectivity index (χ4v) is 2.64. The summed E-state index contributed by atoms with van der Waals surface area (Å²) in [6, 6.07) is -0.669. The lowest BCUT2D eigenvalue weighted by molar-refractivity contribution is -0.149. The molecule has 0 aromatic rings. The molecular formula is C16H30N2O3. The minimum absolute atomic E-state index is 0.0151. The third-order valence-electron chi connectivity index (χ3n) is 3.68. The molecule has 1 N–H and O–H groups in total. The van der Waals surface area contributed by atoms with Gasteiger partial charge < -0.3 is 15.0 Å². The highest BCUT2D eigenvalue weighted by molar-refractivity contribution is 5.96. The topological polar surface area (TPSA) is 58.6 Å². The summed E-state index contributed by atoms with van der Waals surface area (Å²) < 4.78 is 5.55. The molecule has 122 valence electrons. The first-order valence-electron chi connectivity index (χ1n) is 8.19. The van der Waals surface area contributed by atoms with Gasteiger partial charge in [-0.15, -0.1) is 0 Å². The lowest BCUT2D eigenvalue weighted by atomic mass is 10.0. The summed E-state index contributed by atoms with van der Waals surface area (Å²) in [6.07, 6.45) is 3.03. The Morgan fingerprint density at radius 2 is 2.00 bits per heavy atom. The summed E-state index contributed by atoms with van der Waals surface area (Å²) in [7, 11) is 0. The molecule has 5 nitrogen and oxygen atoms in total. The van der Waals surface area contributed by atoms with E-state index in [1.807, 2.05) is 13.8 Å². The Balaban J connectivity index is 2.53. The van der Waals surface area contributed by atoms with Crippen molar-refractivity contribution in [3.63, 3.8) is 0 Å². The van der Waals surface area contributed by atoms with E-state index >= 15 is 0 Å². The smallest absolute Gasteiger partial charge is 0.245 e. The molecule has 1 aliphatic heterocycles. The first-order chi connectivity index (χ1) is 10.0. The fraction of sp³-hybridized carbons (Fsp3) is 0.875. The number of carbonyl (C=O) groups excluding carboxylic acids is 2. The van der Waals surface area contributed by atoms with E-state index in [-0.39, 0.29) is 23.9 Å². The molecule has 1 rings (SSSR count). The van der Waals surface area contributed by atoms with Crippen LogP contribution in [-0.2, 0) is 14.3 Å². The summed E-state index contributed by atoms with van der Waals surface area (Å²) >= 11 is 0. The Morgan fingerprint density at radius 1 is 1.29 bits per heavy atom. The molecule has 2 atom stereocenters. The minimum atomic E-state index is -0.345. The predicted molar refractivity (Wildman–Crippen MR) is 82.9 cm³/mol. The van der Waals surface area contributed by atoms with Crippen molar-refractivity contribution < 1.29 is 14.3 Å². The number of rotatable bonds is 9. The van der Waals surface area contributed by atoms with Gasteiger partial charge in [-0.2, -0.15) is 0 Å². The lowest BCUT2D eigenvalue weighted by Gasteiger charge is -2.38. The van der Waals surface area contributed by atoms with E-state index in [9.17, 15) is 9.59 Å². The number of piperazine rings is 1. The SMILES string of the molecule is CCCC1NC(=O)C(CC)N(CCCOCC(C)C)C1=O. The normalized spacial score (nSPS) is 22.8. The lowest BCUT2D eigenvalue weighted by Crippen LogP contribution is -2.63. The zero-order valence-electron chi connectivity index (χ0n) is 13.9. The number of nitrogens with one attached hydrogen (secondary N) is 1. The molecule has 0 aromatic carbocycles. The van der Waals surface area contributed by atoms with Crippen LogP contribution in [0.4, 0.5) is 0 Å². The number of carbonyl (C=O) groups is 2. The highest BCUT2D eigenvalue weighted by Gasteiger charge is 2.38. The fourth-order valence-electron chi connectivity index (χ4n) is 2.64. The molecule has 0 aromatic heterocycles. The number of nitrogens with zero attached hydrogens (tertiary/aromatic N) is 1. The van der Waals surface area contributed by atoms with E-state index in [1.165, 1.54) is 0 Å². The van der Waals surface area contributed by atoms with Crippen molar-refractivity contribution in [2.75, 3.05) is 19.8 Å². The van der Waals surface area contributed by atoms with Gasteiger partial charge in [0.2, 0.25) is 11.8 Å². The van der Waals surface area contributed by atoms with Gasteiger partial charge in [0.25, 0.3) is 0 Å². The molecule has 1 aliphatic rings. The average molecular weight is 298 g/mol. The van der Waals surface area contributed by atoms with Crippen LogP contribution in [0.15, 0.2) is 0 Å². The van der Waals surface area contributed by atoms with Crippen molar-refractivity contribution in [2.45, 2.75) is 65.5 Å². The van der Waals surface area contributed by atoms with Crippen LogP contribution in [0.5, 0.6) is 0 Å². The van der Waals surface area contributed by atoms with Crippen LogP contribution in [0.1, 0.15) is 53.4 Å². The second kappa shape index (κ2) is 9.03. The van der Waals surface area contributed by atoms with Gasteiger partial charge in [-0.1, -0.05) is 34.1 Å². The maximum atomic E-state index is 12.5. The quantitative estimate of drug-likeness (QED) is 0.662. The van der Waals surface area contributed by atoms with Crippen molar-refractivity contribution in [1.29, 1.82) is 0 Å². The van der Waals surface area contributed by atoms with Gasteiger partial charge in [0.1, 0.15) is 12.1 Å². The van der Waals surface area contributed by atoms with Crippen molar-refractivity contribution in [3.05, 3.63) is 0 Å². The molecule has 2 unspecified atom stereocenters. The van der Waals surface area contributed by atoms with Crippen LogP contribution in [0.2, 0.25) is 0 Å². The second-order valence-corrected chi connectivity index (χ2v) is 6.13. The molecule has 2 amide bonds. The van der Waals surface area contributed by atoms with Crippen LogP contribution >= 0.6 is 0 Å². The molecular weight excluding hydrogens is 268 g/mol. The molecule has 21 heavy (non-hydrogen) atoms. The Kier molecular flexibility index (Phi) is 7.72. The second-order valence-electron chi connectivity index (χ2n) is 6.13. The largest absolute Gasteiger partial charge is 0.381 e. The van der Waals surface area contributed by atoms with Gasteiger partial charge in [0, 0.05) is 19.8 Å². The zero-order valence-corrected chi connectivity index (χ0v) is 13.9. The molecule has 1 heterocycles. The monoisotopic (exact) mass is 298 g/mol. The molecule has 0 aliphatic carbocycles. The third kappa shape index (κ3) is 5.30. The Morgan fingerprint density at radius 3 is 2.57 bits per heavy atom. The van der Waals surface area contributed by atoms with E-state index in [0.29, 0.717) is 31.9 Å². The summed E-state index contributed by atoms with van der Waals surface area (Å²) in [5, 5.41) is 2.85. The van der Waals surface area contributed by atoms with Crippen molar-refractivity contribution in [1.82, 2.24) is 10.2 Å². The number of hydrogen-bond donors (Lipinski definition) is 1. The van der Waals surface area contributed by atoms with Crippen molar-refractivity contribution in [2.24, 2.45) is 5.92 Å². The van der Waals surface area contributed by atoms with Crippen LogP contribution in [0, 0.1) is 5.92 Å². The zero-order chi connectivity index (χ0) is 15.8. The van der Waals surface area contributed by atoms with Crippen LogP contribution in [0.3, 0.4) is 0 Å². The Hall–Kier alpha value is -1.10. The van der Waals surface area contributed by atoms with Crippen LogP contribution < -0.4 is 5.32 Å². The summed E-state index contributed by atoms with van der Waals surface area (Å²) in [6.45, 7) is 10.2. The van der Waals surface area contributed by atoms with Crippen molar-refractivity contribution >= 4 is 11.8 Å². The minimum Gasteiger partial charge on any atom is -0.381 e. The molecule has 0 bridgehead atoms. The van der Waals surface area contributed by atoms with E-state index < -0.39 is 0 Å². The standard InChI is InChI=1S/C16H30N2O3/c1-5-8-13-16(20)18(14(6-2)15(19)17-13)9-7-10-21-11-12(3)4/h12-14H,5-11H2,1-4H3,(H,17,19). The average Bonchev–Trinajstić information content (AvgIpc) is 2.43.